The molecule has 1 aliphatic heterocycles. The Kier molecular flexibility index (Phi) is 4.67. The van der Waals surface area contributed by atoms with E-state index < -0.39 is 10.0 Å². The van der Waals surface area contributed by atoms with Gasteiger partial charge in [-0.2, -0.15) is 0 Å². The van der Waals surface area contributed by atoms with Gasteiger partial charge in [-0.15, -0.1) is 0 Å². The second-order valence-electron chi connectivity index (χ2n) is 4.79. The molecule has 7 heteroatoms. The molecule has 0 spiro atoms. The van der Waals surface area contributed by atoms with E-state index in [1.165, 1.54) is 10.6 Å². The van der Waals surface area contributed by atoms with E-state index in [4.69, 9.17) is 11.6 Å². The lowest BCUT2D eigenvalue weighted by Gasteiger charge is -2.21. The van der Waals surface area contributed by atoms with Crippen molar-refractivity contribution in [2.75, 3.05) is 32.4 Å². The lowest BCUT2D eigenvalue weighted by Crippen LogP contribution is -2.37. The Morgan fingerprint density at radius 1 is 1.15 bits per heavy atom. The number of rotatable bonds is 2. The second-order valence-corrected chi connectivity index (χ2v) is 7.18. The van der Waals surface area contributed by atoms with E-state index in [1.54, 1.807) is 29.2 Å². The van der Waals surface area contributed by atoms with Gasteiger partial charge >= 0.3 is 0 Å². The molecule has 0 radical (unpaired) electrons. The Morgan fingerprint density at radius 3 is 2.50 bits per heavy atom. The fraction of sp³-hybridized carbons (Fsp3) is 0.462. The molecular formula is C13H17ClN2O3S. The summed E-state index contributed by atoms with van der Waals surface area (Å²) in [5, 5.41) is 0.418. The van der Waals surface area contributed by atoms with Crippen molar-refractivity contribution >= 4 is 27.5 Å². The van der Waals surface area contributed by atoms with Gasteiger partial charge in [-0.3, -0.25) is 4.79 Å². The molecule has 2 rings (SSSR count). The third-order valence-electron chi connectivity index (χ3n) is 3.32. The molecule has 0 aliphatic carbocycles. The maximum absolute atomic E-state index is 12.4. The predicted octanol–water partition coefficient (Wildman–Crippen LogP) is 1.45. The molecule has 0 N–H and O–H groups in total. The lowest BCUT2D eigenvalue weighted by molar-refractivity contribution is 0.0764. The van der Waals surface area contributed by atoms with Crippen LogP contribution in [0.4, 0.5) is 0 Å². The first-order chi connectivity index (χ1) is 9.39. The van der Waals surface area contributed by atoms with Crippen molar-refractivity contribution < 1.29 is 13.2 Å². The van der Waals surface area contributed by atoms with Crippen LogP contribution in [-0.4, -0.2) is 56.0 Å². The Balaban J connectivity index is 2.11. The number of sulfonamides is 1. The van der Waals surface area contributed by atoms with E-state index in [1.807, 2.05) is 0 Å². The van der Waals surface area contributed by atoms with Crippen molar-refractivity contribution in [3.63, 3.8) is 0 Å². The molecule has 1 heterocycles. The molecule has 0 aromatic heterocycles. The number of halogens is 1. The minimum Gasteiger partial charge on any atom is -0.337 e. The molecule has 1 aromatic rings. The largest absolute Gasteiger partial charge is 0.337 e. The predicted molar refractivity (Wildman–Crippen MR) is 78.4 cm³/mol. The molecule has 1 aromatic carbocycles. The zero-order valence-electron chi connectivity index (χ0n) is 11.3. The van der Waals surface area contributed by atoms with Crippen molar-refractivity contribution in [3.05, 3.63) is 34.9 Å². The highest BCUT2D eigenvalue weighted by molar-refractivity contribution is 7.88. The molecule has 1 saturated heterocycles. The van der Waals surface area contributed by atoms with Gasteiger partial charge in [0.25, 0.3) is 5.91 Å². The average Bonchev–Trinajstić information content (AvgIpc) is 2.63. The molecule has 0 bridgehead atoms. The van der Waals surface area contributed by atoms with E-state index >= 15 is 0 Å². The first-order valence-corrected chi connectivity index (χ1v) is 8.61. The Hall–Kier alpha value is -1.11. The summed E-state index contributed by atoms with van der Waals surface area (Å²) in [5.74, 6) is -0.147. The molecule has 0 unspecified atom stereocenters. The minimum absolute atomic E-state index is 0.147. The SMILES string of the molecule is CS(=O)(=O)N1CCCN(C(=O)c2ccccc2Cl)CC1. The molecule has 20 heavy (non-hydrogen) atoms. The summed E-state index contributed by atoms with van der Waals surface area (Å²) < 4.78 is 24.5. The molecule has 0 saturated carbocycles. The van der Waals surface area contributed by atoms with E-state index in [0.717, 1.165) is 0 Å². The third kappa shape index (κ3) is 3.50. The van der Waals surface area contributed by atoms with Crippen LogP contribution in [0.15, 0.2) is 24.3 Å². The summed E-state index contributed by atoms with van der Waals surface area (Å²) in [5.41, 5.74) is 0.460. The van der Waals surface area contributed by atoms with Crippen LogP contribution in [0.1, 0.15) is 16.8 Å². The second kappa shape index (κ2) is 6.11. The summed E-state index contributed by atoms with van der Waals surface area (Å²) in [6, 6.07) is 6.89. The first kappa shape index (κ1) is 15.3. The zero-order chi connectivity index (χ0) is 14.8. The van der Waals surface area contributed by atoms with Gasteiger partial charge in [0.2, 0.25) is 10.0 Å². The fourth-order valence-corrected chi connectivity index (χ4v) is 3.32. The van der Waals surface area contributed by atoms with Gasteiger partial charge in [0.1, 0.15) is 0 Å². The van der Waals surface area contributed by atoms with Crippen LogP contribution in [0.3, 0.4) is 0 Å². The summed E-state index contributed by atoms with van der Waals surface area (Å²) >= 11 is 6.03. The van der Waals surface area contributed by atoms with E-state index in [2.05, 4.69) is 0 Å². The summed E-state index contributed by atoms with van der Waals surface area (Å²) in [6.07, 6.45) is 1.82. The molecule has 1 amide bonds. The van der Waals surface area contributed by atoms with Gasteiger partial charge in [-0.05, 0) is 18.6 Å². The van der Waals surface area contributed by atoms with Gasteiger partial charge in [0, 0.05) is 26.2 Å². The summed E-state index contributed by atoms with van der Waals surface area (Å²) in [6.45, 7) is 1.70. The topological polar surface area (TPSA) is 57.7 Å². The van der Waals surface area contributed by atoms with Crippen LogP contribution in [0.5, 0.6) is 0 Å². The third-order valence-corrected chi connectivity index (χ3v) is 4.95. The number of benzene rings is 1. The Labute approximate surface area is 124 Å². The number of carbonyl (C=O) groups excluding carboxylic acids is 1. The van der Waals surface area contributed by atoms with Gasteiger partial charge in [-0.25, -0.2) is 12.7 Å². The van der Waals surface area contributed by atoms with E-state index in [9.17, 15) is 13.2 Å². The number of nitrogens with zero attached hydrogens (tertiary/aromatic N) is 2. The number of hydrogen-bond acceptors (Lipinski definition) is 3. The standard InChI is InChI=1S/C13H17ClN2O3S/c1-20(18,19)16-8-4-7-15(9-10-16)13(17)11-5-2-3-6-12(11)14/h2-3,5-6H,4,7-10H2,1H3. The van der Waals surface area contributed by atoms with Crippen molar-refractivity contribution in [3.8, 4) is 0 Å². The average molecular weight is 317 g/mol. The van der Waals surface area contributed by atoms with Crippen LogP contribution < -0.4 is 0 Å². The first-order valence-electron chi connectivity index (χ1n) is 6.38. The number of carbonyl (C=O) groups is 1. The summed E-state index contributed by atoms with van der Waals surface area (Å²) in [4.78, 5) is 14.1. The van der Waals surface area contributed by atoms with Crippen LogP contribution in [0.2, 0.25) is 5.02 Å². The molecule has 1 fully saturated rings. The van der Waals surface area contributed by atoms with E-state index in [0.29, 0.717) is 43.2 Å². The molecule has 5 nitrogen and oxygen atoms in total. The van der Waals surface area contributed by atoms with Crippen LogP contribution in [-0.2, 0) is 10.0 Å². The number of hydrogen-bond donors (Lipinski definition) is 0. The number of amides is 1. The smallest absolute Gasteiger partial charge is 0.255 e. The van der Waals surface area contributed by atoms with Gasteiger partial charge in [-0.1, -0.05) is 23.7 Å². The monoisotopic (exact) mass is 316 g/mol. The summed E-state index contributed by atoms with van der Waals surface area (Å²) in [7, 11) is -3.20. The molecule has 0 atom stereocenters. The quantitative estimate of drug-likeness (QED) is 0.829. The van der Waals surface area contributed by atoms with Crippen molar-refractivity contribution in [1.29, 1.82) is 0 Å². The highest BCUT2D eigenvalue weighted by Crippen LogP contribution is 2.18. The minimum atomic E-state index is -3.20. The van der Waals surface area contributed by atoms with Gasteiger partial charge in [0.15, 0.2) is 0 Å². The van der Waals surface area contributed by atoms with Crippen LogP contribution in [0.25, 0.3) is 0 Å². The van der Waals surface area contributed by atoms with Crippen molar-refractivity contribution in [2.24, 2.45) is 0 Å². The molecule has 110 valence electrons. The normalized spacial score (nSPS) is 17.8. The Bertz CT molecular complexity index is 603. The van der Waals surface area contributed by atoms with Crippen molar-refractivity contribution in [1.82, 2.24) is 9.21 Å². The highest BCUT2D eigenvalue weighted by atomic mass is 35.5. The van der Waals surface area contributed by atoms with Crippen LogP contribution in [0, 0.1) is 0 Å². The lowest BCUT2D eigenvalue weighted by atomic mass is 10.2. The maximum Gasteiger partial charge on any atom is 0.255 e. The maximum atomic E-state index is 12.4. The van der Waals surface area contributed by atoms with Gasteiger partial charge in [0.05, 0.1) is 16.8 Å². The molecule has 1 aliphatic rings. The fourth-order valence-electron chi connectivity index (χ4n) is 2.23. The zero-order valence-corrected chi connectivity index (χ0v) is 12.8. The van der Waals surface area contributed by atoms with E-state index in [-0.39, 0.29) is 5.91 Å². The Morgan fingerprint density at radius 2 is 1.85 bits per heavy atom. The van der Waals surface area contributed by atoms with Crippen molar-refractivity contribution in [2.45, 2.75) is 6.42 Å². The highest BCUT2D eigenvalue weighted by Gasteiger charge is 2.25. The van der Waals surface area contributed by atoms with Crippen LogP contribution >= 0.6 is 11.6 Å². The van der Waals surface area contributed by atoms with Gasteiger partial charge < -0.3 is 4.90 Å². The molecular weight excluding hydrogens is 300 g/mol.